The molecule has 0 saturated carbocycles. The van der Waals surface area contributed by atoms with Crippen LogP contribution in [0.4, 0.5) is 0 Å². The first-order chi connectivity index (χ1) is 7.45. The Balaban J connectivity index is 2.84. The lowest BCUT2D eigenvalue weighted by molar-refractivity contribution is -0.0638. The van der Waals surface area contributed by atoms with Gasteiger partial charge >= 0.3 is 0 Å². The summed E-state index contributed by atoms with van der Waals surface area (Å²) in [5.74, 6) is 0. The number of nitrogens with zero attached hydrogens (tertiary/aromatic N) is 3. The van der Waals surface area contributed by atoms with E-state index >= 15 is 0 Å². The summed E-state index contributed by atoms with van der Waals surface area (Å²) in [6.45, 7) is 5.92. The van der Waals surface area contributed by atoms with Gasteiger partial charge in [0.1, 0.15) is 0 Å². The molecule has 5 heteroatoms. The normalized spacial score (nSPS) is 11.6. The van der Waals surface area contributed by atoms with Crippen LogP contribution in [-0.2, 0) is 6.54 Å². The van der Waals surface area contributed by atoms with Crippen molar-refractivity contribution in [2.24, 2.45) is 5.29 Å². The molecule has 0 heterocycles. The zero-order chi connectivity index (χ0) is 12.2. The van der Waals surface area contributed by atoms with Gasteiger partial charge in [0.25, 0.3) is 0 Å². The van der Waals surface area contributed by atoms with Crippen molar-refractivity contribution < 1.29 is 0 Å². The molecule has 0 N–H and O–H groups in total. The zero-order valence-electron chi connectivity index (χ0n) is 9.75. The first-order valence-corrected chi connectivity index (χ1v) is 5.07. The first kappa shape index (κ1) is 12.6. The summed E-state index contributed by atoms with van der Waals surface area (Å²) in [4.78, 5) is 10.3. The van der Waals surface area contributed by atoms with Gasteiger partial charge in [-0.25, -0.2) is 5.01 Å². The third-order valence-corrected chi connectivity index (χ3v) is 2.23. The molecule has 5 nitrogen and oxygen atoms in total. The van der Waals surface area contributed by atoms with E-state index in [0.717, 1.165) is 5.56 Å². The SMILES string of the molecule is CC(C)(C)N(Cc1ccccc1)N([O-])N=O. The van der Waals surface area contributed by atoms with Crippen LogP contribution in [0.25, 0.3) is 0 Å². The van der Waals surface area contributed by atoms with Crippen molar-refractivity contribution in [3.05, 3.63) is 46.0 Å². The largest absolute Gasteiger partial charge is 0.724 e. The van der Waals surface area contributed by atoms with E-state index in [4.69, 9.17) is 0 Å². The lowest BCUT2D eigenvalue weighted by Crippen LogP contribution is -2.47. The van der Waals surface area contributed by atoms with Crippen molar-refractivity contribution in [1.82, 2.24) is 10.3 Å². The van der Waals surface area contributed by atoms with Crippen molar-refractivity contribution in [3.8, 4) is 0 Å². The molecule has 0 amide bonds. The van der Waals surface area contributed by atoms with E-state index < -0.39 is 5.54 Å². The predicted octanol–water partition coefficient (Wildman–Crippen LogP) is 2.68. The van der Waals surface area contributed by atoms with Gasteiger partial charge < -0.3 is 5.21 Å². The molecule has 0 bridgehead atoms. The second kappa shape index (κ2) is 5.05. The minimum Gasteiger partial charge on any atom is -0.724 e. The molecule has 0 unspecified atom stereocenters. The van der Waals surface area contributed by atoms with Crippen LogP contribution in [-0.4, -0.2) is 15.8 Å². The molecule has 1 rings (SSSR count). The Morgan fingerprint density at radius 2 is 1.81 bits per heavy atom. The molecule has 0 fully saturated rings. The number of benzene rings is 1. The average molecular weight is 222 g/mol. The number of hydrogen-bond acceptors (Lipinski definition) is 4. The van der Waals surface area contributed by atoms with Gasteiger partial charge in [0.2, 0.25) is 0 Å². The highest BCUT2D eigenvalue weighted by atomic mass is 16.6. The minimum absolute atomic E-state index is 0.104. The Labute approximate surface area is 95.2 Å². The van der Waals surface area contributed by atoms with Crippen LogP contribution in [0.3, 0.4) is 0 Å². The lowest BCUT2D eigenvalue weighted by atomic mass is 10.1. The highest BCUT2D eigenvalue weighted by molar-refractivity contribution is 5.14. The fourth-order valence-corrected chi connectivity index (χ4v) is 1.35. The molecule has 0 atom stereocenters. The van der Waals surface area contributed by atoms with Crippen LogP contribution in [0, 0.1) is 10.1 Å². The smallest absolute Gasteiger partial charge is 0.0579 e. The highest BCUT2D eigenvalue weighted by Crippen LogP contribution is 2.19. The number of hydrogen-bond donors (Lipinski definition) is 0. The van der Waals surface area contributed by atoms with E-state index in [1.54, 1.807) is 0 Å². The molecule has 0 spiro atoms. The maximum absolute atomic E-state index is 11.3. The molecular formula is C11H16N3O2-. The second-order valence-electron chi connectivity index (χ2n) is 4.55. The monoisotopic (exact) mass is 222 g/mol. The van der Waals surface area contributed by atoms with Crippen LogP contribution >= 0.6 is 0 Å². The Bertz CT molecular complexity index is 335. The Morgan fingerprint density at radius 1 is 1.25 bits per heavy atom. The van der Waals surface area contributed by atoms with Crippen LogP contribution in [0.2, 0.25) is 0 Å². The van der Waals surface area contributed by atoms with E-state index in [2.05, 4.69) is 5.29 Å². The molecule has 0 radical (unpaired) electrons. The molecule has 0 aliphatic heterocycles. The van der Waals surface area contributed by atoms with E-state index in [1.807, 2.05) is 51.1 Å². The van der Waals surface area contributed by atoms with Gasteiger partial charge in [-0.15, -0.1) is 4.91 Å². The van der Waals surface area contributed by atoms with Gasteiger partial charge in [-0.2, -0.15) is 0 Å². The average Bonchev–Trinajstić information content (AvgIpc) is 2.25. The molecule has 16 heavy (non-hydrogen) atoms. The van der Waals surface area contributed by atoms with Gasteiger partial charge in [0.15, 0.2) is 0 Å². The number of nitroso groups, excluding NO2 is 1. The number of hydrazine groups is 1. The first-order valence-electron chi connectivity index (χ1n) is 5.07. The molecule has 0 aromatic heterocycles. The summed E-state index contributed by atoms with van der Waals surface area (Å²) in [6, 6.07) is 9.48. The standard InChI is InChI=1S/C11H16N3O2/c1-11(2,3)13(14(16)12-15)9-10-7-5-4-6-8-10/h4-8H,9H2,1-3H3/q-1. The third kappa shape index (κ3) is 3.29. The van der Waals surface area contributed by atoms with E-state index in [0.29, 0.717) is 6.54 Å². The second-order valence-corrected chi connectivity index (χ2v) is 4.55. The van der Waals surface area contributed by atoms with Crippen LogP contribution in [0.1, 0.15) is 26.3 Å². The van der Waals surface area contributed by atoms with Crippen molar-refractivity contribution in [2.45, 2.75) is 32.9 Å². The summed E-state index contributed by atoms with van der Waals surface area (Å²) in [7, 11) is 0. The van der Waals surface area contributed by atoms with Gasteiger partial charge in [0, 0.05) is 12.1 Å². The summed E-state index contributed by atoms with van der Waals surface area (Å²) in [5.41, 5.74) is 0.507. The van der Waals surface area contributed by atoms with Gasteiger partial charge in [0.05, 0.1) is 5.29 Å². The zero-order valence-corrected chi connectivity index (χ0v) is 9.75. The fourth-order valence-electron chi connectivity index (χ4n) is 1.35. The van der Waals surface area contributed by atoms with E-state index in [-0.39, 0.29) is 5.28 Å². The molecule has 1 aromatic rings. The highest BCUT2D eigenvalue weighted by Gasteiger charge is 2.23. The Morgan fingerprint density at radius 3 is 2.25 bits per heavy atom. The van der Waals surface area contributed by atoms with Crippen LogP contribution < -0.4 is 0 Å². The summed E-state index contributed by atoms with van der Waals surface area (Å²) in [5, 5.41) is 15.2. The molecular weight excluding hydrogens is 206 g/mol. The summed E-state index contributed by atoms with van der Waals surface area (Å²) in [6.07, 6.45) is 0. The third-order valence-electron chi connectivity index (χ3n) is 2.23. The fraction of sp³-hybridized carbons (Fsp3) is 0.455. The summed E-state index contributed by atoms with van der Waals surface area (Å²) >= 11 is 0. The quantitative estimate of drug-likeness (QED) is 0.580. The van der Waals surface area contributed by atoms with Gasteiger partial charge in [-0.05, 0) is 26.3 Å². The molecule has 0 saturated heterocycles. The number of rotatable bonds is 4. The topological polar surface area (TPSA) is 59.0 Å². The molecule has 1 aromatic carbocycles. The molecule has 0 aliphatic rings. The molecule has 0 aliphatic carbocycles. The minimum atomic E-state index is -0.453. The predicted molar refractivity (Wildman–Crippen MR) is 62.7 cm³/mol. The van der Waals surface area contributed by atoms with Crippen LogP contribution in [0.15, 0.2) is 35.6 Å². The van der Waals surface area contributed by atoms with E-state index in [1.165, 1.54) is 5.01 Å². The van der Waals surface area contributed by atoms with Crippen molar-refractivity contribution in [2.75, 3.05) is 0 Å². The lowest BCUT2D eigenvalue weighted by Gasteiger charge is -2.43. The maximum atomic E-state index is 11.3. The van der Waals surface area contributed by atoms with Crippen LogP contribution in [0.5, 0.6) is 0 Å². The van der Waals surface area contributed by atoms with Gasteiger partial charge in [-0.3, -0.25) is 5.28 Å². The summed E-state index contributed by atoms with van der Waals surface area (Å²) < 4.78 is 0. The van der Waals surface area contributed by atoms with Gasteiger partial charge in [-0.1, -0.05) is 30.3 Å². The van der Waals surface area contributed by atoms with Crippen molar-refractivity contribution in [3.63, 3.8) is 0 Å². The Hall–Kier alpha value is -1.46. The van der Waals surface area contributed by atoms with Crippen molar-refractivity contribution in [1.29, 1.82) is 0 Å². The maximum Gasteiger partial charge on any atom is 0.0579 e. The van der Waals surface area contributed by atoms with E-state index in [9.17, 15) is 10.1 Å². The molecule has 88 valence electrons. The van der Waals surface area contributed by atoms with Crippen molar-refractivity contribution >= 4 is 0 Å². The Kier molecular flexibility index (Phi) is 3.98.